The number of amides is 1. The molecule has 0 fully saturated rings. The van der Waals surface area contributed by atoms with E-state index in [9.17, 15) is 4.79 Å². The maximum atomic E-state index is 11.9. The number of benzene rings is 1. The molecule has 1 amide bonds. The maximum absolute atomic E-state index is 11.9. The van der Waals surface area contributed by atoms with Gasteiger partial charge >= 0.3 is 0 Å². The fourth-order valence-electron chi connectivity index (χ4n) is 1.81. The van der Waals surface area contributed by atoms with Crippen LogP contribution in [0.5, 0.6) is 0 Å². The van der Waals surface area contributed by atoms with Crippen LogP contribution in [0.15, 0.2) is 16.6 Å². The van der Waals surface area contributed by atoms with Crippen molar-refractivity contribution in [2.45, 2.75) is 33.6 Å². The van der Waals surface area contributed by atoms with Crippen LogP contribution in [0.2, 0.25) is 0 Å². The SMILES string of the molecule is Cc1cc(Br)cc(C)c1NC(=O)CCC(C)CN. The number of anilines is 1. The molecule has 0 aliphatic carbocycles. The Hall–Kier alpha value is -0.870. The van der Waals surface area contributed by atoms with Gasteiger partial charge in [-0.1, -0.05) is 22.9 Å². The van der Waals surface area contributed by atoms with E-state index in [1.165, 1.54) is 0 Å². The highest BCUT2D eigenvalue weighted by atomic mass is 79.9. The highest BCUT2D eigenvalue weighted by Crippen LogP contribution is 2.25. The van der Waals surface area contributed by atoms with Crippen LogP contribution in [0.25, 0.3) is 0 Å². The van der Waals surface area contributed by atoms with Gasteiger partial charge in [0.05, 0.1) is 0 Å². The topological polar surface area (TPSA) is 55.1 Å². The highest BCUT2D eigenvalue weighted by molar-refractivity contribution is 9.10. The van der Waals surface area contributed by atoms with Gasteiger partial charge in [-0.15, -0.1) is 0 Å². The number of carbonyl (C=O) groups is 1. The molecule has 1 aromatic rings. The lowest BCUT2D eigenvalue weighted by molar-refractivity contribution is -0.116. The Morgan fingerprint density at radius 2 is 1.94 bits per heavy atom. The van der Waals surface area contributed by atoms with Gasteiger partial charge in [0, 0.05) is 16.6 Å². The zero-order valence-electron chi connectivity index (χ0n) is 11.2. The standard InChI is InChI=1S/C14H21BrN2O/c1-9(8-16)4-5-13(18)17-14-10(2)6-12(15)7-11(14)3/h6-7,9H,4-5,8,16H2,1-3H3,(H,17,18). The van der Waals surface area contributed by atoms with E-state index in [1.54, 1.807) is 0 Å². The van der Waals surface area contributed by atoms with E-state index in [1.807, 2.05) is 26.0 Å². The smallest absolute Gasteiger partial charge is 0.224 e. The van der Waals surface area contributed by atoms with Gasteiger partial charge in [-0.25, -0.2) is 0 Å². The van der Waals surface area contributed by atoms with Gasteiger partial charge in [0.15, 0.2) is 0 Å². The number of carbonyl (C=O) groups excluding carboxylic acids is 1. The predicted molar refractivity (Wildman–Crippen MR) is 79.7 cm³/mol. The molecule has 0 saturated heterocycles. The molecule has 0 aliphatic rings. The van der Waals surface area contributed by atoms with Gasteiger partial charge in [-0.2, -0.15) is 0 Å². The number of rotatable bonds is 5. The van der Waals surface area contributed by atoms with Gasteiger partial charge < -0.3 is 11.1 Å². The molecule has 0 radical (unpaired) electrons. The van der Waals surface area contributed by atoms with Crippen LogP contribution in [-0.2, 0) is 4.79 Å². The molecule has 0 bridgehead atoms. The normalized spacial score (nSPS) is 12.3. The third-order valence-electron chi connectivity index (χ3n) is 3.03. The highest BCUT2D eigenvalue weighted by Gasteiger charge is 2.09. The first-order valence-electron chi connectivity index (χ1n) is 6.20. The lowest BCUT2D eigenvalue weighted by Crippen LogP contribution is -2.17. The molecular formula is C14H21BrN2O. The molecule has 3 N–H and O–H groups in total. The predicted octanol–water partition coefficient (Wildman–Crippen LogP) is 3.38. The summed E-state index contributed by atoms with van der Waals surface area (Å²) in [4.78, 5) is 11.9. The van der Waals surface area contributed by atoms with Crippen molar-refractivity contribution in [2.75, 3.05) is 11.9 Å². The molecule has 18 heavy (non-hydrogen) atoms. The van der Waals surface area contributed by atoms with Crippen molar-refractivity contribution < 1.29 is 4.79 Å². The van der Waals surface area contributed by atoms with Gasteiger partial charge in [0.2, 0.25) is 5.91 Å². The fourth-order valence-corrected chi connectivity index (χ4v) is 2.49. The Balaban J connectivity index is 2.65. The fraction of sp³-hybridized carbons (Fsp3) is 0.500. The summed E-state index contributed by atoms with van der Waals surface area (Å²) in [6.45, 7) is 6.68. The lowest BCUT2D eigenvalue weighted by atomic mass is 10.1. The van der Waals surface area contributed by atoms with Crippen molar-refractivity contribution >= 4 is 27.5 Å². The number of aryl methyl sites for hydroxylation is 2. The zero-order valence-corrected chi connectivity index (χ0v) is 12.8. The van der Waals surface area contributed by atoms with Gasteiger partial charge in [0.1, 0.15) is 0 Å². The summed E-state index contributed by atoms with van der Waals surface area (Å²) in [5, 5.41) is 2.98. The van der Waals surface area contributed by atoms with E-state index in [0.29, 0.717) is 18.9 Å². The number of hydrogen-bond acceptors (Lipinski definition) is 2. The van der Waals surface area contributed by atoms with Crippen LogP contribution in [0, 0.1) is 19.8 Å². The quantitative estimate of drug-likeness (QED) is 0.875. The van der Waals surface area contributed by atoms with Crippen LogP contribution in [-0.4, -0.2) is 12.5 Å². The molecule has 0 aliphatic heterocycles. The summed E-state index contributed by atoms with van der Waals surface area (Å²) in [5.41, 5.74) is 8.60. The summed E-state index contributed by atoms with van der Waals surface area (Å²) in [6.07, 6.45) is 1.35. The molecule has 0 spiro atoms. The van der Waals surface area contributed by atoms with Crippen LogP contribution in [0.4, 0.5) is 5.69 Å². The van der Waals surface area contributed by atoms with E-state index in [-0.39, 0.29) is 5.91 Å². The average Bonchev–Trinajstić information content (AvgIpc) is 2.30. The van der Waals surface area contributed by atoms with Crippen molar-refractivity contribution in [3.8, 4) is 0 Å². The summed E-state index contributed by atoms with van der Waals surface area (Å²) in [6, 6.07) is 4.01. The Morgan fingerprint density at radius 3 is 2.44 bits per heavy atom. The first kappa shape index (κ1) is 15.2. The molecular weight excluding hydrogens is 292 g/mol. The molecule has 1 aromatic carbocycles. The second kappa shape index (κ2) is 6.90. The Morgan fingerprint density at radius 1 is 1.39 bits per heavy atom. The first-order valence-corrected chi connectivity index (χ1v) is 7.00. The number of hydrogen-bond donors (Lipinski definition) is 2. The van der Waals surface area contributed by atoms with Crippen molar-refractivity contribution in [3.05, 3.63) is 27.7 Å². The molecule has 4 heteroatoms. The molecule has 1 atom stereocenters. The minimum absolute atomic E-state index is 0.0591. The Kier molecular flexibility index (Phi) is 5.82. The monoisotopic (exact) mass is 312 g/mol. The number of nitrogens with one attached hydrogen (secondary N) is 1. The van der Waals surface area contributed by atoms with Gasteiger partial charge in [-0.05, 0) is 56.0 Å². The van der Waals surface area contributed by atoms with Crippen LogP contribution in [0.1, 0.15) is 30.9 Å². The molecule has 100 valence electrons. The summed E-state index contributed by atoms with van der Waals surface area (Å²) in [5.74, 6) is 0.451. The molecule has 3 nitrogen and oxygen atoms in total. The van der Waals surface area contributed by atoms with Gasteiger partial charge in [0.25, 0.3) is 0 Å². The minimum atomic E-state index is 0.0591. The van der Waals surface area contributed by atoms with Crippen molar-refractivity contribution in [2.24, 2.45) is 11.7 Å². The molecule has 0 heterocycles. The lowest BCUT2D eigenvalue weighted by Gasteiger charge is -2.13. The largest absolute Gasteiger partial charge is 0.330 e. The van der Waals surface area contributed by atoms with Crippen LogP contribution in [0.3, 0.4) is 0 Å². The van der Waals surface area contributed by atoms with Crippen molar-refractivity contribution in [3.63, 3.8) is 0 Å². The molecule has 0 aromatic heterocycles. The zero-order chi connectivity index (χ0) is 13.7. The molecule has 0 saturated carbocycles. The minimum Gasteiger partial charge on any atom is -0.330 e. The third kappa shape index (κ3) is 4.42. The van der Waals surface area contributed by atoms with Crippen LogP contribution >= 0.6 is 15.9 Å². The van der Waals surface area contributed by atoms with E-state index in [4.69, 9.17) is 5.73 Å². The van der Waals surface area contributed by atoms with Crippen molar-refractivity contribution in [1.82, 2.24) is 0 Å². The summed E-state index contributed by atoms with van der Waals surface area (Å²) < 4.78 is 1.03. The van der Waals surface area contributed by atoms with E-state index < -0.39 is 0 Å². The second-order valence-corrected chi connectivity index (χ2v) is 5.76. The maximum Gasteiger partial charge on any atom is 0.224 e. The van der Waals surface area contributed by atoms with E-state index in [0.717, 1.165) is 27.7 Å². The first-order chi connectivity index (χ1) is 8.43. The van der Waals surface area contributed by atoms with Gasteiger partial charge in [-0.3, -0.25) is 4.79 Å². The molecule has 1 rings (SSSR count). The molecule has 1 unspecified atom stereocenters. The van der Waals surface area contributed by atoms with Crippen LogP contribution < -0.4 is 11.1 Å². The second-order valence-electron chi connectivity index (χ2n) is 4.84. The van der Waals surface area contributed by atoms with E-state index in [2.05, 4.69) is 28.2 Å². The third-order valence-corrected chi connectivity index (χ3v) is 3.49. The van der Waals surface area contributed by atoms with E-state index >= 15 is 0 Å². The average molecular weight is 313 g/mol. The number of halogens is 1. The Labute approximate surface area is 117 Å². The summed E-state index contributed by atoms with van der Waals surface area (Å²) in [7, 11) is 0. The van der Waals surface area contributed by atoms with Crippen molar-refractivity contribution in [1.29, 1.82) is 0 Å². The number of nitrogens with two attached hydrogens (primary N) is 1. The summed E-state index contributed by atoms with van der Waals surface area (Å²) >= 11 is 3.45. The Bertz CT molecular complexity index is 409.